The minimum absolute atomic E-state index is 0.258. The summed E-state index contributed by atoms with van der Waals surface area (Å²) < 4.78 is 0. The Morgan fingerprint density at radius 2 is 2.00 bits per heavy atom. The Morgan fingerprint density at radius 1 is 1.33 bits per heavy atom. The first-order chi connectivity index (χ1) is 10.1. The predicted molar refractivity (Wildman–Crippen MR) is 81.5 cm³/mol. The SMILES string of the molecule is C[C@@H](c1ccccc1)N(CCC(=O)NC(N)=O)CC1CC1. The molecule has 5 nitrogen and oxygen atoms in total. The van der Waals surface area contributed by atoms with Crippen LogP contribution in [-0.4, -0.2) is 29.9 Å². The van der Waals surface area contributed by atoms with Crippen molar-refractivity contribution < 1.29 is 9.59 Å². The van der Waals surface area contributed by atoms with Crippen LogP contribution in [0.5, 0.6) is 0 Å². The summed E-state index contributed by atoms with van der Waals surface area (Å²) in [4.78, 5) is 24.6. The smallest absolute Gasteiger partial charge is 0.318 e. The van der Waals surface area contributed by atoms with Gasteiger partial charge in [-0.05, 0) is 31.2 Å². The molecule has 1 aromatic carbocycles. The van der Waals surface area contributed by atoms with Crippen LogP contribution in [0, 0.1) is 5.92 Å². The summed E-state index contributed by atoms with van der Waals surface area (Å²) in [5, 5.41) is 2.12. The minimum Gasteiger partial charge on any atom is -0.351 e. The number of carbonyl (C=O) groups is 2. The van der Waals surface area contributed by atoms with Crippen molar-refractivity contribution in [3.63, 3.8) is 0 Å². The van der Waals surface area contributed by atoms with E-state index in [9.17, 15) is 9.59 Å². The number of carbonyl (C=O) groups excluding carboxylic acids is 2. The molecule has 1 aliphatic carbocycles. The monoisotopic (exact) mass is 289 g/mol. The molecule has 0 aliphatic heterocycles. The second-order valence-corrected chi connectivity index (χ2v) is 5.69. The zero-order chi connectivity index (χ0) is 15.2. The first kappa shape index (κ1) is 15.5. The highest BCUT2D eigenvalue weighted by Crippen LogP contribution is 2.32. The van der Waals surface area contributed by atoms with Crippen LogP contribution >= 0.6 is 0 Å². The fourth-order valence-corrected chi connectivity index (χ4v) is 2.46. The number of urea groups is 1. The molecule has 0 radical (unpaired) electrons. The van der Waals surface area contributed by atoms with Crippen LogP contribution in [-0.2, 0) is 4.79 Å². The molecule has 1 aliphatic rings. The summed E-state index contributed by atoms with van der Waals surface area (Å²) in [5.41, 5.74) is 6.20. The molecule has 1 atom stereocenters. The zero-order valence-electron chi connectivity index (χ0n) is 12.4. The molecule has 0 unspecified atom stereocenters. The van der Waals surface area contributed by atoms with Crippen LogP contribution in [0.25, 0.3) is 0 Å². The molecule has 3 N–H and O–H groups in total. The van der Waals surface area contributed by atoms with E-state index in [1.165, 1.54) is 18.4 Å². The highest BCUT2D eigenvalue weighted by atomic mass is 16.2. The van der Waals surface area contributed by atoms with E-state index in [-0.39, 0.29) is 18.4 Å². The number of benzene rings is 1. The molecule has 0 spiro atoms. The van der Waals surface area contributed by atoms with Gasteiger partial charge in [0, 0.05) is 25.6 Å². The van der Waals surface area contributed by atoms with Crippen molar-refractivity contribution in [2.24, 2.45) is 11.7 Å². The van der Waals surface area contributed by atoms with Crippen molar-refractivity contribution in [3.8, 4) is 0 Å². The average molecular weight is 289 g/mol. The fourth-order valence-electron chi connectivity index (χ4n) is 2.46. The molecule has 1 fully saturated rings. The number of rotatable bonds is 7. The second kappa shape index (κ2) is 7.22. The number of primary amides is 1. The highest BCUT2D eigenvalue weighted by molar-refractivity contribution is 5.93. The lowest BCUT2D eigenvalue weighted by molar-refractivity contribution is -0.120. The van der Waals surface area contributed by atoms with Crippen LogP contribution in [0.3, 0.4) is 0 Å². The maximum atomic E-state index is 11.6. The summed E-state index contributed by atoms with van der Waals surface area (Å²) >= 11 is 0. The van der Waals surface area contributed by atoms with Crippen LogP contribution in [0.2, 0.25) is 0 Å². The van der Waals surface area contributed by atoms with E-state index in [1.807, 2.05) is 18.2 Å². The first-order valence-electron chi connectivity index (χ1n) is 7.44. The maximum Gasteiger partial charge on any atom is 0.318 e. The van der Waals surface area contributed by atoms with Gasteiger partial charge in [0.2, 0.25) is 5.91 Å². The number of imide groups is 1. The Kier molecular flexibility index (Phi) is 5.33. The van der Waals surface area contributed by atoms with E-state index in [1.54, 1.807) is 0 Å². The number of amides is 3. The lowest BCUT2D eigenvalue weighted by Gasteiger charge is -2.29. The molecular weight excluding hydrogens is 266 g/mol. The van der Waals surface area contributed by atoms with E-state index < -0.39 is 6.03 Å². The fraction of sp³-hybridized carbons (Fsp3) is 0.500. The zero-order valence-corrected chi connectivity index (χ0v) is 12.4. The molecule has 21 heavy (non-hydrogen) atoms. The summed E-state index contributed by atoms with van der Waals surface area (Å²) in [5.74, 6) is 0.430. The van der Waals surface area contributed by atoms with Gasteiger partial charge in [0.15, 0.2) is 0 Å². The van der Waals surface area contributed by atoms with E-state index in [0.29, 0.717) is 6.54 Å². The molecule has 0 saturated heterocycles. The molecule has 5 heteroatoms. The van der Waals surface area contributed by atoms with Crippen LogP contribution in [0.1, 0.15) is 37.8 Å². The van der Waals surface area contributed by atoms with Crippen molar-refractivity contribution in [1.82, 2.24) is 10.2 Å². The molecule has 0 heterocycles. The van der Waals surface area contributed by atoms with Crippen LogP contribution in [0.4, 0.5) is 4.79 Å². The molecule has 1 aromatic rings. The number of nitrogens with one attached hydrogen (secondary N) is 1. The van der Waals surface area contributed by atoms with Gasteiger partial charge in [-0.3, -0.25) is 15.0 Å². The third-order valence-electron chi connectivity index (χ3n) is 3.91. The van der Waals surface area contributed by atoms with Gasteiger partial charge < -0.3 is 5.73 Å². The largest absolute Gasteiger partial charge is 0.351 e. The predicted octanol–water partition coefficient (Wildman–Crippen LogP) is 2.04. The van der Waals surface area contributed by atoms with Crippen molar-refractivity contribution in [2.75, 3.05) is 13.1 Å². The molecule has 0 bridgehead atoms. The topological polar surface area (TPSA) is 75.4 Å². The van der Waals surface area contributed by atoms with E-state index in [2.05, 4.69) is 29.3 Å². The van der Waals surface area contributed by atoms with Crippen LogP contribution in [0.15, 0.2) is 30.3 Å². The number of hydrogen-bond donors (Lipinski definition) is 2. The van der Waals surface area contributed by atoms with Gasteiger partial charge in [-0.25, -0.2) is 4.79 Å². The number of nitrogens with zero attached hydrogens (tertiary/aromatic N) is 1. The third kappa shape index (κ3) is 5.19. The van der Waals surface area contributed by atoms with Crippen molar-refractivity contribution in [2.45, 2.75) is 32.2 Å². The quantitative estimate of drug-likeness (QED) is 0.806. The second-order valence-electron chi connectivity index (χ2n) is 5.69. The average Bonchev–Trinajstić information content (AvgIpc) is 3.27. The summed E-state index contributed by atoms with van der Waals surface area (Å²) in [6, 6.07) is 9.74. The molecular formula is C16H23N3O2. The van der Waals surface area contributed by atoms with Gasteiger partial charge in [0.1, 0.15) is 0 Å². The van der Waals surface area contributed by atoms with Crippen molar-refractivity contribution >= 4 is 11.9 Å². The molecule has 0 aromatic heterocycles. The molecule has 3 amide bonds. The third-order valence-corrected chi connectivity index (χ3v) is 3.91. The Bertz CT molecular complexity index is 486. The normalized spacial score (nSPS) is 15.7. The lowest BCUT2D eigenvalue weighted by atomic mass is 10.1. The van der Waals surface area contributed by atoms with E-state index in [4.69, 9.17) is 5.73 Å². The van der Waals surface area contributed by atoms with Gasteiger partial charge in [-0.1, -0.05) is 30.3 Å². The molecule has 2 rings (SSSR count). The van der Waals surface area contributed by atoms with Crippen molar-refractivity contribution in [3.05, 3.63) is 35.9 Å². The highest BCUT2D eigenvalue weighted by Gasteiger charge is 2.27. The van der Waals surface area contributed by atoms with E-state index >= 15 is 0 Å². The Balaban J connectivity index is 1.93. The number of hydrogen-bond acceptors (Lipinski definition) is 3. The summed E-state index contributed by atoms with van der Waals surface area (Å²) in [7, 11) is 0. The Morgan fingerprint density at radius 3 is 2.57 bits per heavy atom. The molecule has 1 saturated carbocycles. The Labute approximate surface area is 125 Å². The first-order valence-corrected chi connectivity index (χ1v) is 7.44. The standard InChI is InChI=1S/C16H23N3O2/c1-12(14-5-3-2-4-6-14)19(11-13-7-8-13)10-9-15(20)18-16(17)21/h2-6,12-13H,7-11H2,1H3,(H3,17,18,20,21)/t12-/m0/s1. The van der Waals surface area contributed by atoms with E-state index in [0.717, 1.165) is 12.5 Å². The summed E-state index contributed by atoms with van der Waals surface area (Å²) in [6.07, 6.45) is 2.82. The van der Waals surface area contributed by atoms with Gasteiger partial charge in [0.05, 0.1) is 0 Å². The van der Waals surface area contributed by atoms with Crippen molar-refractivity contribution in [1.29, 1.82) is 0 Å². The van der Waals surface area contributed by atoms with Gasteiger partial charge in [0.25, 0.3) is 0 Å². The van der Waals surface area contributed by atoms with Gasteiger partial charge in [-0.2, -0.15) is 0 Å². The van der Waals surface area contributed by atoms with Gasteiger partial charge >= 0.3 is 6.03 Å². The summed E-state index contributed by atoms with van der Waals surface area (Å²) in [6.45, 7) is 3.79. The maximum absolute atomic E-state index is 11.6. The van der Waals surface area contributed by atoms with Gasteiger partial charge in [-0.15, -0.1) is 0 Å². The lowest BCUT2D eigenvalue weighted by Crippen LogP contribution is -2.38. The Hall–Kier alpha value is -1.88. The number of nitrogens with two attached hydrogens (primary N) is 1. The minimum atomic E-state index is -0.787. The molecule has 114 valence electrons. The van der Waals surface area contributed by atoms with Crippen LogP contribution < -0.4 is 11.1 Å².